The van der Waals surface area contributed by atoms with E-state index in [0.29, 0.717) is 56.7 Å². The van der Waals surface area contributed by atoms with Gasteiger partial charge in [-0.2, -0.15) is 9.97 Å². The molecule has 0 bridgehead atoms. The number of anilines is 2. The number of hydrogen-bond donors (Lipinski definition) is 1. The van der Waals surface area contributed by atoms with E-state index in [2.05, 4.69) is 65.7 Å². The second-order valence-corrected chi connectivity index (χ2v) is 15.7. The van der Waals surface area contributed by atoms with E-state index in [4.69, 9.17) is 20.4 Å². The predicted octanol–water partition coefficient (Wildman–Crippen LogP) is 6.00. The molecular weight excluding hydrogens is 770 g/mol. The van der Waals surface area contributed by atoms with Crippen LogP contribution in [0.2, 0.25) is 5.02 Å². The van der Waals surface area contributed by atoms with Crippen molar-refractivity contribution in [2.45, 2.75) is 46.7 Å². The van der Waals surface area contributed by atoms with Crippen LogP contribution < -0.4 is 26.4 Å². The van der Waals surface area contributed by atoms with Crippen molar-refractivity contribution < 1.29 is 8.83 Å². The highest BCUT2D eigenvalue weighted by molar-refractivity contribution is 6.33. The number of aromatic nitrogens is 7. The molecule has 2 saturated heterocycles. The van der Waals surface area contributed by atoms with Crippen molar-refractivity contribution in [3.63, 3.8) is 0 Å². The van der Waals surface area contributed by atoms with Gasteiger partial charge in [0.25, 0.3) is 0 Å². The Hall–Kier alpha value is -6.16. The minimum absolute atomic E-state index is 0.341. The minimum Gasteiger partial charge on any atom is -0.403 e. The van der Waals surface area contributed by atoms with Gasteiger partial charge in [-0.3, -0.25) is 9.88 Å². The van der Waals surface area contributed by atoms with Crippen molar-refractivity contribution in [1.82, 2.24) is 43.9 Å². The zero-order valence-corrected chi connectivity index (χ0v) is 34.3. The van der Waals surface area contributed by atoms with E-state index >= 15 is 0 Å². The van der Waals surface area contributed by atoms with Crippen molar-refractivity contribution in [2.24, 2.45) is 0 Å². The molecule has 0 aromatic carbocycles. The summed E-state index contributed by atoms with van der Waals surface area (Å²) in [6.45, 7) is 16.9. The molecule has 8 aromatic rings. The molecule has 15 nitrogen and oxygen atoms in total. The molecule has 0 unspecified atom stereocenters. The molecule has 59 heavy (non-hydrogen) atoms. The Bertz CT molecular complexity index is 2990. The van der Waals surface area contributed by atoms with Gasteiger partial charge >= 0.3 is 11.3 Å². The number of nitrogens with one attached hydrogen (secondary N) is 1. The van der Waals surface area contributed by atoms with E-state index in [1.807, 2.05) is 67.2 Å². The van der Waals surface area contributed by atoms with Crippen LogP contribution in [-0.4, -0.2) is 96.5 Å². The standard InChI is InChI=1S/C22H22ClN5O2.C21H22N6O2/c1-3-26-9-10-27(12-14(26)2)19-7-6-15-11-16(22(29)30-21(15)25-19)18-13-28-8-4-5-17(23)20(28)24-18;1-12-9-26(7-6-22-12)18-5-4-15-8-16(21(28)29-20(15)25-18)17-11-27-10-13(2)23-14(3)19(27)24-17/h4-8,11,13-14H,3,9-10,12H2,1-2H3;4-5,8,10-12,22H,6-7,9H2,1-3H3/t14-;12-/m00/s1. The maximum Gasteiger partial charge on any atom is 0.347 e. The van der Waals surface area contributed by atoms with Gasteiger partial charge in [0.05, 0.1) is 38.9 Å². The summed E-state index contributed by atoms with van der Waals surface area (Å²) in [5, 5.41) is 5.47. The highest BCUT2D eigenvalue weighted by Gasteiger charge is 2.24. The monoisotopic (exact) mass is 813 g/mol. The van der Waals surface area contributed by atoms with Crippen LogP contribution in [0.5, 0.6) is 0 Å². The van der Waals surface area contributed by atoms with E-state index in [0.717, 1.165) is 85.3 Å². The molecule has 0 amide bonds. The van der Waals surface area contributed by atoms with Crippen molar-refractivity contribution >= 4 is 56.7 Å². The number of fused-ring (bicyclic) bond motifs is 4. The van der Waals surface area contributed by atoms with Crippen LogP contribution in [0.1, 0.15) is 32.2 Å². The van der Waals surface area contributed by atoms with Gasteiger partial charge in [-0.25, -0.2) is 19.6 Å². The number of rotatable bonds is 5. The third kappa shape index (κ3) is 7.52. The first-order valence-electron chi connectivity index (χ1n) is 19.9. The first-order valence-corrected chi connectivity index (χ1v) is 20.2. The summed E-state index contributed by atoms with van der Waals surface area (Å²) >= 11 is 6.21. The molecule has 302 valence electrons. The summed E-state index contributed by atoms with van der Waals surface area (Å²) in [6.07, 6.45) is 7.34. The zero-order valence-electron chi connectivity index (χ0n) is 33.5. The van der Waals surface area contributed by atoms with Crippen LogP contribution >= 0.6 is 11.6 Å². The molecule has 2 atom stereocenters. The summed E-state index contributed by atoms with van der Waals surface area (Å²) in [7, 11) is 0. The molecule has 0 spiro atoms. The molecule has 0 saturated carbocycles. The number of aryl methyl sites for hydroxylation is 2. The summed E-state index contributed by atoms with van der Waals surface area (Å²) < 4.78 is 14.9. The van der Waals surface area contributed by atoms with Gasteiger partial charge in [0, 0.05) is 86.9 Å². The Morgan fingerprint density at radius 3 is 1.98 bits per heavy atom. The van der Waals surface area contributed by atoms with E-state index in [1.54, 1.807) is 28.8 Å². The van der Waals surface area contributed by atoms with Gasteiger partial charge in [0.15, 0.2) is 11.3 Å². The lowest BCUT2D eigenvalue weighted by atomic mass is 10.1. The van der Waals surface area contributed by atoms with Gasteiger partial charge in [0.1, 0.15) is 11.6 Å². The van der Waals surface area contributed by atoms with E-state index in [1.165, 1.54) is 0 Å². The van der Waals surface area contributed by atoms with Crippen LogP contribution in [0.3, 0.4) is 0 Å². The Morgan fingerprint density at radius 2 is 1.37 bits per heavy atom. The second kappa shape index (κ2) is 15.5. The molecule has 2 aliphatic heterocycles. The first-order chi connectivity index (χ1) is 28.5. The van der Waals surface area contributed by atoms with Crippen LogP contribution in [0.15, 0.2) is 91.7 Å². The van der Waals surface area contributed by atoms with E-state index in [-0.39, 0.29) is 0 Å². The Kier molecular flexibility index (Phi) is 10.1. The Morgan fingerprint density at radius 1 is 0.746 bits per heavy atom. The summed E-state index contributed by atoms with van der Waals surface area (Å²) in [4.78, 5) is 55.1. The topological polar surface area (TPSA) is 155 Å². The summed E-state index contributed by atoms with van der Waals surface area (Å²) in [5.74, 6) is 1.66. The van der Waals surface area contributed by atoms with Gasteiger partial charge < -0.3 is 32.8 Å². The fourth-order valence-electron chi connectivity index (χ4n) is 8.05. The number of nitrogens with zero attached hydrogens (tertiary/aromatic N) is 10. The molecule has 0 radical (unpaired) electrons. The van der Waals surface area contributed by atoms with Crippen molar-refractivity contribution in [2.75, 3.05) is 55.6 Å². The van der Waals surface area contributed by atoms with Crippen molar-refractivity contribution in [3.05, 3.63) is 111 Å². The average Bonchev–Trinajstić information content (AvgIpc) is 3.86. The molecule has 10 rings (SSSR count). The van der Waals surface area contributed by atoms with Crippen molar-refractivity contribution in [1.29, 1.82) is 0 Å². The zero-order chi connectivity index (χ0) is 40.9. The SMILES string of the molecule is CCN1CCN(c2ccc3cc(-c4cn5cccc(Cl)c5n4)c(=O)oc3n2)C[C@@H]1C.Cc1cn2cc(-c3cc4ccc(N5CCN[C@@H](C)C5)nc4oc3=O)nc2c(C)n1. The maximum atomic E-state index is 12.7. The fourth-order valence-corrected chi connectivity index (χ4v) is 8.26. The number of halogens is 1. The smallest absolute Gasteiger partial charge is 0.347 e. The summed E-state index contributed by atoms with van der Waals surface area (Å²) in [5.41, 5.74) is 4.72. The number of imidazole rings is 2. The minimum atomic E-state index is -0.462. The van der Waals surface area contributed by atoms with Crippen molar-refractivity contribution in [3.8, 4) is 22.5 Å². The Balaban J connectivity index is 0.000000152. The molecule has 10 heterocycles. The van der Waals surface area contributed by atoms with Crippen LogP contribution in [0.4, 0.5) is 11.6 Å². The molecule has 8 aromatic heterocycles. The largest absolute Gasteiger partial charge is 0.403 e. The molecule has 2 aliphatic rings. The third-order valence-corrected chi connectivity index (χ3v) is 11.4. The van der Waals surface area contributed by atoms with E-state index in [9.17, 15) is 9.59 Å². The van der Waals surface area contributed by atoms with Crippen LogP contribution in [-0.2, 0) is 0 Å². The molecule has 1 N–H and O–H groups in total. The van der Waals surface area contributed by atoms with Gasteiger partial charge in [-0.15, -0.1) is 0 Å². The second-order valence-electron chi connectivity index (χ2n) is 15.3. The number of pyridine rings is 3. The highest BCUT2D eigenvalue weighted by Crippen LogP contribution is 2.27. The quantitative estimate of drug-likeness (QED) is 0.216. The highest BCUT2D eigenvalue weighted by atomic mass is 35.5. The lowest BCUT2D eigenvalue weighted by molar-refractivity contribution is 0.199. The number of likely N-dealkylation sites (N-methyl/N-ethyl adjacent to an activating group) is 1. The third-order valence-electron chi connectivity index (χ3n) is 11.1. The lowest BCUT2D eigenvalue weighted by Gasteiger charge is -2.39. The van der Waals surface area contributed by atoms with Crippen LogP contribution in [0, 0.1) is 13.8 Å². The predicted molar refractivity (Wildman–Crippen MR) is 230 cm³/mol. The number of piperazine rings is 2. The molecular formula is C43H44ClN11O4. The van der Waals surface area contributed by atoms with Crippen LogP contribution in [0.25, 0.3) is 56.0 Å². The number of hydrogen-bond acceptors (Lipinski definition) is 13. The first kappa shape index (κ1) is 38.4. The van der Waals surface area contributed by atoms with Gasteiger partial charge in [0.2, 0.25) is 11.4 Å². The van der Waals surface area contributed by atoms with Gasteiger partial charge in [-0.05, 0) is 82.8 Å². The summed E-state index contributed by atoms with van der Waals surface area (Å²) in [6, 6.07) is 15.9. The average molecular weight is 814 g/mol. The molecule has 0 aliphatic carbocycles. The van der Waals surface area contributed by atoms with E-state index < -0.39 is 11.3 Å². The normalized spacial score (nSPS) is 17.6. The molecule has 2 fully saturated rings. The molecule has 16 heteroatoms. The maximum absolute atomic E-state index is 12.7. The fraction of sp³-hybridized carbons (Fsp3) is 0.326. The lowest BCUT2D eigenvalue weighted by Crippen LogP contribution is -2.51. The Labute approximate surface area is 343 Å². The van der Waals surface area contributed by atoms with Gasteiger partial charge in [-0.1, -0.05) is 18.5 Å².